The van der Waals surface area contributed by atoms with Gasteiger partial charge in [0.25, 0.3) is 0 Å². The smallest absolute Gasteiger partial charge is 0.0135 e. The van der Waals surface area contributed by atoms with Crippen molar-refractivity contribution in [1.82, 2.24) is 0 Å². The molecule has 2 fully saturated rings. The molecule has 0 N–H and O–H groups in total. The fourth-order valence-corrected chi connectivity index (χ4v) is 2.75. The lowest BCUT2D eigenvalue weighted by Gasteiger charge is -1.95. The summed E-state index contributed by atoms with van der Waals surface area (Å²) in [6.07, 6.45) is 12.5. The van der Waals surface area contributed by atoms with Crippen molar-refractivity contribution < 1.29 is 0 Å². The van der Waals surface area contributed by atoms with Crippen molar-refractivity contribution in [3.63, 3.8) is 0 Å². The molecule has 0 heterocycles. The summed E-state index contributed by atoms with van der Waals surface area (Å²) in [4.78, 5) is 0. The molecular formula is C14H24. The molecule has 0 aliphatic heterocycles. The Labute approximate surface area is 88.8 Å². The number of rotatable bonds is 6. The van der Waals surface area contributed by atoms with Crippen LogP contribution in [0.5, 0.6) is 0 Å². The Bertz CT molecular complexity index is 214. The molecule has 2 saturated carbocycles. The second-order valence-corrected chi connectivity index (χ2v) is 5.18. The van der Waals surface area contributed by atoms with E-state index >= 15 is 0 Å². The van der Waals surface area contributed by atoms with Gasteiger partial charge in [-0.2, -0.15) is 0 Å². The highest BCUT2D eigenvalue weighted by Crippen LogP contribution is 2.59. The van der Waals surface area contributed by atoms with Gasteiger partial charge < -0.3 is 0 Å². The van der Waals surface area contributed by atoms with Gasteiger partial charge in [0.2, 0.25) is 0 Å². The van der Waals surface area contributed by atoms with E-state index in [0.29, 0.717) is 0 Å². The maximum Gasteiger partial charge on any atom is -0.0135 e. The fourth-order valence-electron chi connectivity index (χ4n) is 2.75. The van der Waals surface area contributed by atoms with Crippen molar-refractivity contribution in [2.24, 2.45) is 17.8 Å². The topological polar surface area (TPSA) is 0 Å². The zero-order valence-corrected chi connectivity index (χ0v) is 9.76. The third-order valence-electron chi connectivity index (χ3n) is 3.89. The molecule has 3 unspecified atom stereocenters. The predicted molar refractivity (Wildman–Crippen MR) is 62.2 cm³/mol. The van der Waals surface area contributed by atoms with Gasteiger partial charge in [0.15, 0.2) is 0 Å². The minimum Gasteiger partial charge on any atom is -0.0850 e. The second-order valence-electron chi connectivity index (χ2n) is 5.18. The van der Waals surface area contributed by atoms with Gasteiger partial charge in [-0.3, -0.25) is 0 Å². The van der Waals surface area contributed by atoms with Crippen molar-refractivity contribution in [3.8, 4) is 0 Å². The van der Waals surface area contributed by atoms with E-state index in [4.69, 9.17) is 0 Å². The summed E-state index contributed by atoms with van der Waals surface area (Å²) in [5.74, 6) is 3.28. The van der Waals surface area contributed by atoms with Crippen LogP contribution in [0.2, 0.25) is 0 Å². The Balaban J connectivity index is 1.65. The van der Waals surface area contributed by atoms with Crippen LogP contribution >= 0.6 is 0 Å². The van der Waals surface area contributed by atoms with Gasteiger partial charge in [-0.1, -0.05) is 51.2 Å². The average Bonchev–Trinajstić information content (AvgIpc) is 3.05. The van der Waals surface area contributed by atoms with Gasteiger partial charge in [-0.25, -0.2) is 0 Å². The standard InChI is InChI=1S/C14H24/c1-3-5-7-11-9-13(11)14-10-12(14)8-6-4-2/h7,12-14H,3-6,8-10H2,1-2H3/b11-7-. The molecule has 2 aliphatic rings. The Hall–Kier alpha value is -0.260. The molecule has 2 aliphatic carbocycles. The van der Waals surface area contributed by atoms with E-state index in [1.807, 2.05) is 0 Å². The van der Waals surface area contributed by atoms with E-state index in [0.717, 1.165) is 17.8 Å². The van der Waals surface area contributed by atoms with Crippen molar-refractivity contribution in [2.75, 3.05) is 0 Å². The molecule has 14 heavy (non-hydrogen) atoms. The molecule has 0 saturated heterocycles. The molecule has 0 heteroatoms. The van der Waals surface area contributed by atoms with Gasteiger partial charge in [0.1, 0.15) is 0 Å². The summed E-state index contributed by atoms with van der Waals surface area (Å²) < 4.78 is 0. The molecule has 0 aromatic heterocycles. The predicted octanol–water partition coefficient (Wildman–Crippen LogP) is 4.56. The summed E-state index contributed by atoms with van der Waals surface area (Å²) in [6, 6.07) is 0. The molecule has 0 spiro atoms. The largest absolute Gasteiger partial charge is 0.0850 e. The average molecular weight is 192 g/mol. The van der Waals surface area contributed by atoms with Crippen LogP contribution in [0, 0.1) is 17.8 Å². The Morgan fingerprint density at radius 2 is 2.14 bits per heavy atom. The van der Waals surface area contributed by atoms with Crippen LogP contribution in [0.1, 0.15) is 58.8 Å². The van der Waals surface area contributed by atoms with Crippen molar-refractivity contribution >= 4 is 0 Å². The SMILES string of the molecule is CCC/C=C1/CC1C1CC1CCCC. The fraction of sp³-hybridized carbons (Fsp3) is 0.857. The van der Waals surface area contributed by atoms with Gasteiger partial charge in [-0.05, 0) is 37.0 Å². The Kier molecular flexibility index (Phi) is 3.30. The van der Waals surface area contributed by atoms with E-state index in [1.54, 1.807) is 12.0 Å². The van der Waals surface area contributed by atoms with Crippen LogP contribution in [0.3, 0.4) is 0 Å². The first-order valence-electron chi connectivity index (χ1n) is 6.55. The number of allylic oxidation sites excluding steroid dienone is 2. The first-order chi connectivity index (χ1) is 6.86. The highest BCUT2D eigenvalue weighted by atomic mass is 14.5. The lowest BCUT2D eigenvalue weighted by atomic mass is 10.1. The van der Waals surface area contributed by atoms with Gasteiger partial charge in [-0.15, -0.1) is 0 Å². The zero-order chi connectivity index (χ0) is 9.97. The summed E-state index contributed by atoms with van der Waals surface area (Å²) >= 11 is 0. The van der Waals surface area contributed by atoms with E-state index in [-0.39, 0.29) is 0 Å². The normalized spacial score (nSPS) is 37.6. The third kappa shape index (κ3) is 2.40. The molecule has 2 rings (SSSR count). The first-order valence-corrected chi connectivity index (χ1v) is 6.55. The molecule has 3 atom stereocenters. The van der Waals surface area contributed by atoms with Crippen LogP contribution in [0.4, 0.5) is 0 Å². The molecule has 0 bridgehead atoms. The molecule has 0 nitrogen and oxygen atoms in total. The van der Waals surface area contributed by atoms with E-state index in [2.05, 4.69) is 19.9 Å². The van der Waals surface area contributed by atoms with E-state index in [1.165, 1.54) is 38.5 Å². The maximum absolute atomic E-state index is 2.51. The number of hydrogen-bond donors (Lipinski definition) is 0. The van der Waals surface area contributed by atoms with Crippen LogP contribution in [-0.4, -0.2) is 0 Å². The molecule has 80 valence electrons. The Morgan fingerprint density at radius 1 is 1.29 bits per heavy atom. The number of hydrogen-bond acceptors (Lipinski definition) is 0. The lowest BCUT2D eigenvalue weighted by Crippen LogP contribution is -1.85. The molecule has 0 radical (unpaired) electrons. The second kappa shape index (κ2) is 4.51. The van der Waals surface area contributed by atoms with E-state index < -0.39 is 0 Å². The van der Waals surface area contributed by atoms with Crippen molar-refractivity contribution in [3.05, 3.63) is 11.6 Å². The third-order valence-corrected chi connectivity index (χ3v) is 3.89. The van der Waals surface area contributed by atoms with Gasteiger partial charge in [0.05, 0.1) is 0 Å². The Morgan fingerprint density at radius 3 is 2.86 bits per heavy atom. The summed E-state index contributed by atoms with van der Waals surface area (Å²) in [5.41, 5.74) is 1.80. The van der Waals surface area contributed by atoms with Crippen molar-refractivity contribution in [1.29, 1.82) is 0 Å². The maximum atomic E-state index is 2.51. The monoisotopic (exact) mass is 192 g/mol. The van der Waals surface area contributed by atoms with Crippen LogP contribution in [0.25, 0.3) is 0 Å². The van der Waals surface area contributed by atoms with Crippen LogP contribution < -0.4 is 0 Å². The highest BCUT2D eigenvalue weighted by molar-refractivity contribution is 5.27. The molecule has 0 aromatic carbocycles. The molecular weight excluding hydrogens is 168 g/mol. The zero-order valence-electron chi connectivity index (χ0n) is 9.76. The van der Waals surface area contributed by atoms with Gasteiger partial charge in [0, 0.05) is 0 Å². The lowest BCUT2D eigenvalue weighted by molar-refractivity contribution is 0.575. The minimum absolute atomic E-state index is 1.04. The minimum atomic E-state index is 1.04. The first kappa shape index (κ1) is 10.3. The number of unbranched alkanes of at least 4 members (excludes halogenated alkanes) is 2. The molecule has 0 aromatic rings. The quantitative estimate of drug-likeness (QED) is 0.541. The van der Waals surface area contributed by atoms with Crippen LogP contribution in [0.15, 0.2) is 11.6 Å². The summed E-state index contributed by atoms with van der Waals surface area (Å²) in [6.45, 7) is 4.58. The van der Waals surface area contributed by atoms with Gasteiger partial charge >= 0.3 is 0 Å². The summed E-state index contributed by atoms with van der Waals surface area (Å²) in [7, 11) is 0. The summed E-state index contributed by atoms with van der Waals surface area (Å²) in [5, 5.41) is 0. The van der Waals surface area contributed by atoms with E-state index in [9.17, 15) is 0 Å². The van der Waals surface area contributed by atoms with Crippen LogP contribution in [-0.2, 0) is 0 Å². The molecule has 0 amide bonds. The highest BCUT2D eigenvalue weighted by Gasteiger charge is 2.49. The van der Waals surface area contributed by atoms with Crippen molar-refractivity contribution in [2.45, 2.75) is 58.8 Å².